The van der Waals surface area contributed by atoms with E-state index < -0.39 is 11.9 Å². The summed E-state index contributed by atoms with van der Waals surface area (Å²) in [5, 5.41) is 9.28. The number of rotatable bonds is 4. The van der Waals surface area contributed by atoms with Gasteiger partial charge in [0.2, 0.25) is 0 Å². The minimum Gasteiger partial charge on any atom is -0.449 e. The number of hydrogen-bond acceptors (Lipinski definition) is 4. The summed E-state index contributed by atoms with van der Waals surface area (Å²) in [7, 11) is 1.46. The van der Waals surface area contributed by atoms with E-state index in [0.29, 0.717) is 11.4 Å². The van der Waals surface area contributed by atoms with Crippen LogP contribution >= 0.6 is 11.6 Å². The number of amides is 1. The fourth-order valence-electron chi connectivity index (χ4n) is 0.963. The normalized spacial score (nSPS) is 10.4. The number of aliphatic hydroxyl groups is 1. The van der Waals surface area contributed by atoms with Crippen LogP contribution in [0.15, 0.2) is 24.3 Å². The Morgan fingerprint density at radius 2 is 1.95 bits per heavy atom. The number of benzene rings is 1. The van der Waals surface area contributed by atoms with Crippen molar-refractivity contribution in [2.45, 2.75) is 26.1 Å². The van der Waals surface area contributed by atoms with E-state index in [2.05, 4.69) is 9.47 Å². The Bertz CT molecular complexity index is 390. The summed E-state index contributed by atoms with van der Waals surface area (Å²) in [4.78, 5) is 10.2. The lowest BCUT2D eigenvalue weighted by molar-refractivity contribution is -0.155. The molecule has 0 unspecified atom stereocenters. The molecule has 0 bridgehead atoms. The molecule has 1 amide bonds. The molecule has 5 nitrogen and oxygen atoms in total. The maximum absolute atomic E-state index is 10.2. The third-order valence-corrected chi connectivity index (χ3v) is 2.44. The quantitative estimate of drug-likeness (QED) is 0.834. The van der Waals surface area contributed by atoms with E-state index in [1.807, 2.05) is 18.2 Å². The molecule has 0 fully saturated rings. The molecular weight excluding hydrogens is 270 g/mol. The zero-order valence-corrected chi connectivity index (χ0v) is 12.1. The SMILES string of the molecule is COC(C)(C)O.NC(=O)OCCc1ccccc1Cl. The van der Waals surface area contributed by atoms with Crippen molar-refractivity contribution >= 4 is 17.7 Å². The Kier molecular flexibility index (Phi) is 8.14. The van der Waals surface area contributed by atoms with Crippen molar-refractivity contribution in [3.8, 4) is 0 Å². The third-order valence-electron chi connectivity index (χ3n) is 2.07. The Balaban J connectivity index is 0.000000459. The summed E-state index contributed by atoms with van der Waals surface area (Å²) in [5.74, 6) is -0.958. The molecule has 0 atom stereocenters. The molecule has 0 spiro atoms. The second-order valence-electron chi connectivity index (χ2n) is 4.16. The minimum absolute atomic E-state index is 0.263. The lowest BCUT2D eigenvalue weighted by Gasteiger charge is -2.12. The van der Waals surface area contributed by atoms with Gasteiger partial charge in [0.05, 0.1) is 6.61 Å². The number of nitrogens with two attached hydrogens (primary N) is 1. The standard InChI is InChI=1S/C9H10ClNO2.C4H10O2/c10-8-4-2-1-3-7(8)5-6-13-9(11)12;1-4(2,5)6-3/h1-4H,5-6H2,(H2,11,12);5H,1-3H3. The Morgan fingerprint density at radius 1 is 1.42 bits per heavy atom. The third kappa shape index (κ3) is 10.3. The number of carbonyl (C=O) groups excluding carboxylic acids is 1. The van der Waals surface area contributed by atoms with Gasteiger partial charge < -0.3 is 20.3 Å². The van der Waals surface area contributed by atoms with E-state index in [-0.39, 0.29) is 6.61 Å². The van der Waals surface area contributed by atoms with Crippen molar-refractivity contribution in [1.82, 2.24) is 0 Å². The molecule has 0 radical (unpaired) electrons. The van der Waals surface area contributed by atoms with E-state index >= 15 is 0 Å². The predicted molar refractivity (Wildman–Crippen MR) is 74.0 cm³/mol. The second-order valence-corrected chi connectivity index (χ2v) is 4.57. The highest BCUT2D eigenvalue weighted by atomic mass is 35.5. The van der Waals surface area contributed by atoms with Crippen LogP contribution in [0.1, 0.15) is 19.4 Å². The van der Waals surface area contributed by atoms with Gasteiger partial charge >= 0.3 is 6.09 Å². The van der Waals surface area contributed by atoms with Crippen molar-refractivity contribution in [3.05, 3.63) is 34.9 Å². The van der Waals surface area contributed by atoms with Crippen LogP contribution in [0, 0.1) is 0 Å². The van der Waals surface area contributed by atoms with Crippen LogP contribution in [0.5, 0.6) is 0 Å². The average Bonchev–Trinajstić information content (AvgIpc) is 2.31. The summed E-state index contributed by atoms with van der Waals surface area (Å²) in [5.41, 5.74) is 5.75. The summed E-state index contributed by atoms with van der Waals surface area (Å²) in [6.07, 6.45) is -0.171. The number of methoxy groups -OCH3 is 1. The molecule has 0 saturated heterocycles. The van der Waals surface area contributed by atoms with Gasteiger partial charge in [-0.25, -0.2) is 4.79 Å². The monoisotopic (exact) mass is 289 g/mol. The summed E-state index contributed by atoms with van der Waals surface area (Å²) in [6, 6.07) is 7.40. The van der Waals surface area contributed by atoms with E-state index in [9.17, 15) is 4.79 Å². The Hall–Kier alpha value is -1.30. The van der Waals surface area contributed by atoms with Gasteiger partial charge in [-0.05, 0) is 25.5 Å². The first-order chi connectivity index (χ1) is 8.76. The summed E-state index contributed by atoms with van der Waals surface area (Å²) >= 11 is 5.87. The van der Waals surface area contributed by atoms with Crippen LogP contribution < -0.4 is 5.73 Å². The molecule has 108 valence electrons. The summed E-state index contributed by atoms with van der Waals surface area (Å²) in [6.45, 7) is 3.42. The Morgan fingerprint density at radius 3 is 2.37 bits per heavy atom. The maximum Gasteiger partial charge on any atom is 0.404 e. The van der Waals surface area contributed by atoms with Gasteiger partial charge in [-0.15, -0.1) is 0 Å². The smallest absolute Gasteiger partial charge is 0.404 e. The first kappa shape index (κ1) is 17.7. The average molecular weight is 290 g/mol. The van der Waals surface area contributed by atoms with Crippen molar-refractivity contribution in [2.75, 3.05) is 13.7 Å². The summed E-state index contributed by atoms with van der Waals surface area (Å²) < 4.78 is 9.07. The number of carbonyl (C=O) groups is 1. The highest BCUT2D eigenvalue weighted by Crippen LogP contribution is 2.15. The van der Waals surface area contributed by atoms with Gasteiger partial charge in [-0.2, -0.15) is 0 Å². The van der Waals surface area contributed by atoms with E-state index in [1.165, 1.54) is 7.11 Å². The highest BCUT2D eigenvalue weighted by molar-refractivity contribution is 6.31. The zero-order valence-electron chi connectivity index (χ0n) is 11.4. The largest absolute Gasteiger partial charge is 0.449 e. The van der Waals surface area contributed by atoms with Gasteiger partial charge in [0.15, 0.2) is 5.79 Å². The van der Waals surface area contributed by atoms with Crippen molar-refractivity contribution < 1.29 is 19.4 Å². The fourth-order valence-corrected chi connectivity index (χ4v) is 1.19. The van der Waals surface area contributed by atoms with Crippen LogP contribution in [0.3, 0.4) is 0 Å². The Labute approximate surface area is 118 Å². The molecule has 0 aliphatic rings. The van der Waals surface area contributed by atoms with Crippen LogP contribution in [-0.2, 0) is 15.9 Å². The first-order valence-corrected chi connectivity index (χ1v) is 6.07. The maximum atomic E-state index is 10.2. The molecule has 0 heterocycles. The van der Waals surface area contributed by atoms with E-state index in [4.69, 9.17) is 22.4 Å². The highest BCUT2D eigenvalue weighted by Gasteiger charge is 2.06. The lowest BCUT2D eigenvalue weighted by Crippen LogP contribution is -2.20. The molecule has 0 aliphatic heterocycles. The van der Waals surface area contributed by atoms with Crippen LogP contribution in [0.4, 0.5) is 4.79 Å². The van der Waals surface area contributed by atoms with Crippen molar-refractivity contribution in [3.63, 3.8) is 0 Å². The molecular formula is C13H20ClNO4. The van der Waals surface area contributed by atoms with Gasteiger partial charge in [-0.3, -0.25) is 0 Å². The number of ether oxygens (including phenoxy) is 2. The molecule has 1 aromatic rings. The zero-order chi connectivity index (χ0) is 14.9. The number of halogens is 1. The van der Waals surface area contributed by atoms with Crippen LogP contribution in [0.2, 0.25) is 5.02 Å². The van der Waals surface area contributed by atoms with Crippen molar-refractivity contribution in [2.24, 2.45) is 5.73 Å². The molecule has 6 heteroatoms. The number of primary amides is 1. The van der Waals surface area contributed by atoms with E-state index in [0.717, 1.165) is 5.56 Å². The van der Waals surface area contributed by atoms with E-state index in [1.54, 1.807) is 19.9 Å². The molecule has 3 N–H and O–H groups in total. The van der Waals surface area contributed by atoms with Crippen LogP contribution in [-0.4, -0.2) is 30.7 Å². The molecule has 0 aromatic heterocycles. The predicted octanol–water partition coefficient (Wildman–Crippen LogP) is 2.34. The first-order valence-electron chi connectivity index (χ1n) is 5.69. The van der Waals surface area contributed by atoms with Gasteiger partial charge in [0.25, 0.3) is 0 Å². The second kappa shape index (κ2) is 8.74. The van der Waals surface area contributed by atoms with Gasteiger partial charge in [0, 0.05) is 18.6 Å². The van der Waals surface area contributed by atoms with Gasteiger partial charge in [0.1, 0.15) is 0 Å². The number of hydrogen-bond donors (Lipinski definition) is 2. The van der Waals surface area contributed by atoms with Crippen LogP contribution in [0.25, 0.3) is 0 Å². The fraction of sp³-hybridized carbons (Fsp3) is 0.462. The topological polar surface area (TPSA) is 81.8 Å². The lowest BCUT2D eigenvalue weighted by atomic mass is 10.2. The molecule has 1 rings (SSSR count). The molecule has 0 saturated carbocycles. The molecule has 19 heavy (non-hydrogen) atoms. The molecule has 1 aromatic carbocycles. The minimum atomic E-state index is -0.958. The molecule has 0 aliphatic carbocycles. The van der Waals surface area contributed by atoms with Crippen molar-refractivity contribution in [1.29, 1.82) is 0 Å². The van der Waals surface area contributed by atoms with Gasteiger partial charge in [-0.1, -0.05) is 29.8 Å².